The minimum absolute atomic E-state index is 0.108. The number of amides is 12. The minimum atomic E-state index is -1.51. The van der Waals surface area contributed by atoms with E-state index in [0.29, 0.717) is 68.8 Å². The second-order valence-corrected chi connectivity index (χ2v) is 26.4. The van der Waals surface area contributed by atoms with Crippen molar-refractivity contribution < 1.29 is 62.3 Å². The highest BCUT2D eigenvalue weighted by Gasteiger charge is 2.54. The first-order valence-electron chi connectivity index (χ1n) is 31.9. The van der Waals surface area contributed by atoms with E-state index in [4.69, 9.17) is 27.9 Å². The number of halogens is 2. The van der Waals surface area contributed by atoms with E-state index in [-0.39, 0.29) is 49.3 Å². The Morgan fingerprint density at radius 3 is 1.86 bits per heavy atom. The molecule has 5 fully saturated rings. The first-order valence-corrected chi connectivity index (χ1v) is 32.7. The maximum Gasteiger partial charge on any atom is 0.248 e. The summed E-state index contributed by atoms with van der Waals surface area (Å²) in [7, 11) is 9.68. The van der Waals surface area contributed by atoms with E-state index < -0.39 is 152 Å². The third kappa shape index (κ3) is 18.5. The van der Waals surface area contributed by atoms with Gasteiger partial charge in [0.25, 0.3) is 0 Å². The average Bonchev–Trinajstić information content (AvgIpc) is 1.56. The smallest absolute Gasteiger partial charge is 0.248 e. The molecule has 0 aromatic heterocycles. The van der Waals surface area contributed by atoms with Crippen LogP contribution in [0.3, 0.4) is 0 Å². The monoisotopic (exact) mass is 1300 g/mol. The number of likely N-dealkylation sites (tertiary alicyclic amines) is 1. The zero-order valence-electron chi connectivity index (χ0n) is 54.3. The number of hydrogen-bond acceptors (Lipinski definition) is 13. The fraction of sp³-hybridized carbons (Fsp3) is 0.714. The summed E-state index contributed by atoms with van der Waals surface area (Å²) >= 11 is 12.4. The molecule has 12 amide bonds. The van der Waals surface area contributed by atoms with Crippen LogP contribution >= 0.6 is 23.2 Å². The van der Waals surface area contributed by atoms with Crippen LogP contribution in [-0.4, -0.2) is 259 Å². The molecule has 500 valence electrons. The molecular weight excluding hydrogens is 1200 g/mol. The first kappa shape index (κ1) is 72.3. The van der Waals surface area contributed by atoms with Crippen LogP contribution < -0.4 is 20.7 Å². The molecule has 3 N–H and O–H groups in total. The van der Waals surface area contributed by atoms with Crippen LogP contribution in [0.25, 0.3) is 0 Å². The highest BCUT2D eigenvalue weighted by Crippen LogP contribution is 2.44. The molecular formula is C63H96Cl2N12O13. The standard InChI is InChI=1S/C63H96Cl2N12O13/c1-11-40(2)56-61(88)72(7)38-54(82)71(6)37-53(81)70(5)36-52(80)69(4)35-50(78)66-47(26-31-90-44-24-25-45(64)46(65)33-44)59(86)77-30-19-23-48(77)58(85)68-63(27-18-22-43(63)32-42-20-14-12-15-21-42)62(89)73(8)39-55(83)75(10)49(60(87)76-28-16-13-17-29-76)34-51(79)74(9)41(3)57(84)67-56/h24-25,33,40-43,47-49,56H,11-23,26-32,34-39H2,1-10H3,(H,66,78)(H,67,84)(H,68,85)/t40-,41?,43?,47?,48?,49?,56?,63?/m0/s1. The molecule has 6 rings (SSSR count). The van der Waals surface area contributed by atoms with Crippen LogP contribution in [0, 0.1) is 17.8 Å². The van der Waals surface area contributed by atoms with Crippen molar-refractivity contribution in [3.8, 4) is 5.75 Å². The minimum Gasteiger partial charge on any atom is -0.493 e. The number of nitrogens with one attached hydrogen (secondary N) is 3. The fourth-order valence-electron chi connectivity index (χ4n) is 12.9. The van der Waals surface area contributed by atoms with E-state index in [1.165, 1.54) is 77.0 Å². The van der Waals surface area contributed by atoms with E-state index >= 15 is 9.59 Å². The first-order chi connectivity index (χ1) is 42.6. The molecule has 3 aliphatic heterocycles. The van der Waals surface area contributed by atoms with Crippen molar-refractivity contribution in [1.82, 2.24) is 60.0 Å². The van der Waals surface area contributed by atoms with Crippen LogP contribution in [-0.2, 0) is 57.5 Å². The second kappa shape index (κ2) is 33.0. The second-order valence-electron chi connectivity index (χ2n) is 25.6. The molecule has 7 unspecified atom stereocenters. The van der Waals surface area contributed by atoms with Crippen LogP contribution in [0.1, 0.15) is 130 Å². The Bertz CT molecular complexity index is 2800. The summed E-state index contributed by atoms with van der Waals surface area (Å²) in [5, 5.41) is 9.26. The number of likely N-dealkylation sites (N-methyl/N-ethyl adjacent to an activating group) is 7. The quantitative estimate of drug-likeness (QED) is 0.321. The molecule has 2 aliphatic carbocycles. The van der Waals surface area contributed by atoms with Gasteiger partial charge in [-0.2, -0.15) is 0 Å². The molecule has 5 aliphatic rings. The van der Waals surface area contributed by atoms with Crippen LogP contribution in [0.4, 0.5) is 0 Å². The van der Waals surface area contributed by atoms with Gasteiger partial charge in [0.1, 0.15) is 41.5 Å². The lowest BCUT2D eigenvalue weighted by Gasteiger charge is -2.41. The lowest BCUT2D eigenvalue weighted by atomic mass is 9.75. The van der Waals surface area contributed by atoms with Gasteiger partial charge in [-0.25, -0.2) is 0 Å². The largest absolute Gasteiger partial charge is 0.493 e. The highest BCUT2D eigenvalue weighted by atomic mass is 35.5. The molecule has 27 heteroatoms. The lowest BCUT2D eigenvalue weighted by molar-refractivity contribution is -0.152. The van der Waals surface area contributed by atoms with Crippen molar-refractivity contribution in [1.29, 1.82) is 0 Å². The maximum absolute atomic E-state index is 15.5. The number of piperidine rings is 1. The molecule has 25 nitrogen and oxygen atoms in total. The van der Waals surface area contributed by atoms with E-state index in [1.54, 1.807) is 24.0 Å². The Hall–Kier alpha value is -6.76. The summed E-state index contributed by atoms with van der Waals surface area (Å²) in [5.41, 5.74) is -1.51. The van der Waals surface area contributed by atoms with Crippen molar-refractivity contribution in [3.63, 3.8) is 0 Å². The van der Waals surface area contributed by atoms with Gasteiger partial charge in [-0.15, -0.1) is 0 Å². The predicted octanol–water partition coefficient (Wildman–Crippen LogP) is 2.78. The van der Waals surface area contributed by atoms with E-state index in [2.05, 4.69) is 16.0 Å². The normalized spacial score (nSPS) is 27.3. The molecule has 1 aromatic rings. The van der Waals surface area contributed by atoms with Gasteiger partial charge in [0.15, 0.2) is 0 Å². The van der Waals surface area contributed by atoms with Gasteiger partial charge in [-0.05, 0) is 88.2 Å². The number of fused-ring (bicyclic) bond motifs is 1. The Morgan fingerprint density at radius 1 is 0.633 bits per heavy atom. The molecule has 0 bridgehead atoms. The summed E-state index contributed by atoms with van der Waals surface area (Å²) in [5.74, 6) is -7.72. The molecule has 1 aromatic carbocycles. The zero-order valence-corrected chi connectivity index (χ0v) is 55.8. The van der Waals surface area contributed by atoms with Crippen molar-refractivity contribution in [2.45, 2.75) is 166 Å². The van der Waals surface area contributed by atoms with Gasteiger partial charge in [0, 0.05) is 81.5 Å². The van der Waals surface area contributed by atoms with Crippen LogP contribution in [0.2, 0.25) is 10.0 Å². The summed E-state index contributed by atoms with van der Waals surface area (Å²) in [6.45, 7) is 3.23. The van der Waals surface area contributed by atoms with Crippen molar-refractivity contribution >= 4 is 94.1 Å². The van der Waals surface area contributed by atoms with E-state index in [9.17, 15) is 47.9 Å². The number of hydrogen-bond donors (Lipinski definition) is 3. The molecule has 3 saturated heterocycles. The number of benzene rings is 1. The van der Waals surface area contributed by atoms with Gasteiger partial charge in [0.05, 0.1) is 55.8 Å². The van der Waals surface area contributed by atoms with Gasteiger partial charge in [0.2, 0.25) is 70.9 Å². The predicted molar refractivity (Wildman–Crippen MR) is 336 cm³/mol. The van der Waals surface area contributed by atoms with Crippen LogP contribution in [0.15, 0.2) is 18.2 Å². The number of carbonyl (C=O) groups excluding carboxylic acids is 12. The Morgan fingerprint density at radius 2 is 1.23 bits per heavy atom. The number of nitrogens with zero attached hydrogens (tertiary/aromatic N) is 9. The van der Waals surface area contributed by atoms with E-state index in [1.807, 2.05) is 6.92 Å². The van der Waals surface area contributed by atoms with Crippen molar-refractivity contribution in [2.24, 2.45) is 17.8 Å². The Kier molecular flexibility index (Phi) is 26.5. The van der Waals surface area contributed by atoms with Crippen LogP contribution in [0.5, 0.6) is 5.75 Å². The van der Waals surface area contributed by atoms with Gasteiger partial charge in [-0.3, -0.25) is 57.5 Å². The number of ether oxygens (including phenoxy) is 1. The molecule has 8 atom stereocenters. The third-order valence-electron chi connectivity index (χ3n) is 19.1. The summed E-state index contributed by atoms with van der Waals surface area (Å²) < 4.78 is 5.97. The molecule has 0 radical (unpaired) electrons. The number of rotatable bonds is 9. The van der Waals surface area contributed by atoms with E-state index in [0.717, 1.165) is 63.0 Å². The Labute approximate surface area is 539 Å². The van der Waals surface area contributed by atoms with Gasteiger partial charge in [-0.1, -0.05) is 82.0 Å². The molecule has 2 saturated carbocycles. The maximum atomic E-state index is 15.5. The van der Waals surface area contributed by atoms with Gasteiger partial charge >= 0.3 is 0 Å². The zero-order chi connectivity index (χ0) is 66.3. The average molecular weight is 1300 g/mol. The molecule has 3 heterocycles. The van der Waals surface area contributed by atoms with Gasteiger partial charge < -0.3 is 64.8 Å². The third-order valence-corrected chi connectivity index (χ3v) is 19.9. The number of carbonyl (C=O) groups is 12. The molecule has 90 heavy (non-hydrogen) atoms. The van der Waals surface area contributed by atoms with Crippen molar-refractivity contribution in [2.75, 3.05) is 108 Å². The topological polar surface area (TPSA) is 279 Å². The summed E-state index contributed by atoms with van der Waals surface area (Å²) in [6, 6.07) is -1.48. The SMILES string of the molecule is CC[C@H](C)C1NC(=O)C(C)N(C)C(=O)CC(C(=O)N2CCCCC2)N(C)C(=O)CN(C)C(=O)C2(CCCC2CC2CCCCC2)NC(=O)C2CCCN2C(=O)C(CCOc2ccc(Cl)c(Cl)c2)NC(=O)CN(C)C(=O)CN(C)C(=O)CN(C)C(=O)CN(C)C1=O. The summed E-state index contributed by atoms with van der Waals surface area (Å²) in [4.78, 5) is 183. The fourth-order valence-corrected chi connectivity index (χ4v) is 13.2. The molecule has 1 spiro atoms. The highest BCUT2D eigenvalue weighted by molar-refractivity contribution is 6.42. The Balaban J connectivity index is 1.35. The van der Waals surface area contributed by atoms with Crippen molar-refractivity contribution in [3.05, 3.63) is 28.2 Å². The lowest BCUT2D eigenvalue weighted by Crippen LogP contribution is -2.65. The summed E-state index contributed by atoms with van der Waals surface area (Å²) in [6.07, 6.45) is 9.89.